The van der Waals surface area contributed by atoms with E-state index in [-0.39, 0.29) is 5.75 Å². The van der Waals surface area contributed by atoms with Gasteiger partial charge in [0.2, 0.25) is 0 Å². The molecule has 0 bridgehead atoms. The Morgan fingerprint density at radius 2 is 1.76 bits per heavy atom. The number of hydrogen-bond acceptors (Lipinski definition) is 5. The number of aliphatic hydroxyl groups excluding tert-OH is 1. The van der Waals surface area contributed by atoms with Crippen LogP contribution in [-0.4, -0.2) is 28.7 Å². The number of phenols is 1. The Labute approximate surface area is 171 Å². The number of amides is 1. The van der Waals surface area contributed by atoms with Gasteiger partial charge < -0.3 is 20.3 Å². The third-order valence-electron chi connectivity index (χ3n) is 5.11. The van der Waals surface area contributed by atoms with E-state index in [0.29, 0.717) is 17.2 Å². The SMILES string of the molecule is CCC(C)c1ccc(NC(=O)COC(=O)C(C)(C)C(O)c2cccc(O)c2)cc1. The molecule has 0 heterocycles. The van der Waals surface area contributed by atoms with Crippen molar-refractivity contribution in [2.75, 3.05) is 11.9 Å². The van der Waals surface area contributed by atoms with Crippen molar-refractivity contribution in [2.24, 2.45) is 5.41 Å². The van der Waals surface area contributed by atoms with Crippen LogP contribution >= 0.6 is 0 Å². The van der Waals surface area contributed by atoms with Crippen molar-refractivity contribution in [3.8, 4) is 5.75 Å². The molecule has 0 aliphatic rings. The van der Waals surface area contributed by atoms with Crippen LogP contribution in [0.15, 0.2) is 48.5 Å². The van der Waals surface area contributed by atoms with Crippen molar-refractivity contribution in [2.45, 2.75) is 46.1 Å². The lowest BCUT2D eigenvalue weighted by molar-refractivity contribution is -0.162. The van der Waals surface area contributed by atoms with E-state index in [9.17, 15) is 19.8 Å². The number of rotatable bonds is 8. The second-order valence-electron chi connectivity index (χ2n) is 7.77. The first kappa shape index (κ1) is 22.4. The highest BCUT2D eigenvalue weighted by Gasteiger charge is 2.38. The van der Waals surface area contributed by atoms with Gasteiger partial charge in [-0.05, 0) is 61.6 Å². The lowest BCUT2D eigenvalue weighted by atomic mass is 9.82. The summed E-state index contributed by atoms with van der Waals surface area (Å²) in [5.74, 6) is -0.738. The normalized spacial score (nSPS) is 13.4. The lowest BCUT2D eigenvalue weighted by Gasteiger charge is -2.28. The van der Waals surface area contributed by atoms with Crippen LogP contribution < -0.4 is 5.32 Å². The molecule has 2 atom stereocenters. The standard InChI is InChI=1S/C23H29NO5/c1-5-15(2)16-9-11-18(12-10-16)24-20(26)14-29-22(28)23(3,4)21(27)17-7-6-8-19(25)13-17/h6-13,15,21,25,27H,5,14H2,1-4H3,(H,24,26). The molecule has 2 aromatic carbocycles. The highest BCUT2D eigenvalue weighted by atomic mass is 16.5. The quantitative estimate of drug-likeness (QED) is 0.580. The summed E-state index contributed by atoms with van der Waals surface area (Å²) in [5, 5.41) is 22.8. The Balaban J connectivity index is 1.92. The number of hydrogen-bond donors (Lipinski definition) is 3. The van der Waals surface area contributed by atoms with Gasteiger partial charge in [0, 0.05) is 5.69 Å². The number of nitrogens with one attached hydrogen (secondary N) is 1. The molecule has 0 fully saturated rings. The Hall–Kier alpha value is -2.86. The molecule has 2 aromatic rings. The summed E-state index contributed by atoms with van der Waals surface area (Å²) in [6.45, 7) is 6.85. The number of esters is 1. The van der Waals surface area contributed by atoms with Gasteiger partial charge in [-0.3, -0.25) is 9.59 Å². The summed E-state index contributed by atoms with van der Waals surface area (Å²) in [6, 6.07) is 13.6. The third-order valence-corrected chi connectivity index (χ3v) is 5.11. The molecule has 156 valence electrons. The Morgan fingerprint density at radius 3 is 2.34 bits per heavy atom. The Bertz CT molecular complexity index is 845. The van der Waals surface area contributed by atoms with Crippen molar-refractivity contribution >= 4 is 17.6 Å². The number of carbonyl (C=O) groups is 2. The van der Waals surface area contributed by atoms with E-state index in [2.05, 4.69) is 19.2 Å². The van der Waals surface area contributed by atoms with Gasteiger partial charge in [0.25, 0.3) is 5.91 Å². The number of aliphatic hydroxyl groups is 1. The number of carbonyl (C=O) groups excluding carboxylic acids is 2. The highest BCUT2D eigenvalue weighted by molar-refractivity contribution is 5.93. The molecule has 0 saturated carbocycles. The van der Waals surface area contributed by atoms with Crippen molar-refractivity contribution in [1.29, 1.82) is 0 Å². The van der Waals surface area contributed by atoms with Gasteiger partial charge in [0.05, 0.1) is 11.5 Å². The number of phenolic OH excluding ortho intramolecular Hbond substituents is 1. The summed E-state index contributed by atoms with van der Waals surface area (Å²) in [5.41, 5.74) is 0.904. The average molecular weight is 399 g/mol. The van der Waals surface area contributed by atoms with Gasteiger partial charge in [0.1, 0.15) is 5.75 Å². The third kappa shape index (κ3) is 5.81. The van der Waals surface area contributed by atoms with E-state index < -0.39 is 30.0 Å². The summed E-state index contributed by atoms with van der Waals surface area (Å²) in [4.78, 5) is 24.6. The van der Waals surface area contributed by atoms with Crippen LogP contribution in [-0.2, 0) is 14.3 Å². The van der Waals surface area contributed by atoms with Gasteiger partial charge in [-0.25, -0.2) is 0 Å². The maximum absolute atomic E-state index is 12.4. The number of benzene rings is 2. The minimum absolute atomic E-state index is 0.00977. The zero-order valence-electron chi connectivity index (χ0n) is 17.3. The molecule has 2 unspecified atom stereocenters. The smallest absolute Gasteiger partial charge is 0.315 e. The van der Waals surface area contributed by atoms with Crippen LogP contribution in [0, 0.1) is 5.41 Å². The fourth-order valence-electron chi connectivity index (χ4n) is 2.87. The van der Waals surface area contributed by atoms with Crippen LogP contribution in [0.3, 0.4) is 0 Å². The monoisotopic (exact) mass is 399 g/mol. The predicted molar refractivity (Wildman–Crippen MR) is 112 cm³/mol. The molecule has 0 aliphatic carbocycles. The molecule has 3 N–H and O–H groups in total. The fraction of sp³-hybridized carbons (Fsp3) is 0.391. The average Bonchev–Trinajstić information content (AvgIpc) is 2.71. The fourth-order valence-corrected chi connectivity index (χ4v) is 2.87. The van der Waals surface area contributed by atoms with Gasteiger partial charge in [0.15, 0.2) is 6.61 Å². The first-order valence-electron chi connectivity index (χ1n) is 9.69. The lowest BCUT2D eigenvalue weighted by Crippen LogP contribution is -2.35. The minimum atomic E-state index is -1.30. The maximum Gasteiger partial charge on any atom is 0.315 e. The van der Waals surface area contributed by atoms with E-state index in [1.54, 1.807) is 12.1 Å². The predicted octanol–water partition coefficient (Wildman–Crippen LogP) is 4.15. The van der Waals surface area contributed by atoms with Gasteiger partial charge in [-0.2, -0.15) is 0 Å². The first-order valence-corrected chi connectivity index (χ1v) is 9.69. The molecular formula is C23H29NO5. The van der Waals surface area contributed by atoms with Crippen LogP contribution in [0.4, 0.5) is 5.69 Å². The summed E-state index contributed by atoms with van der Waals surface area (Å²) >= 11 is 0. The van der Waals surface area contributed by atoms with E-state index in [4.69, 9.17) is 4.74 Å². The summed E-state index contributed by atoms with van der Waals surface area (Å²) < 4.78 is 5.12. The highest BCUT2D eigenvalue weighted by Crippen LogP contribution is 2.35. The van der Waals surface area contributed by atoms with E-state index in [0.717, 1.165) is 6.42 Å². The molecule has 6 heteroatoms. The second kappa shape index (κ2) is 9.56. The first-order chi connectivity index (χ1) is 13.6. The molecule has 0 aromatic heterocycles. The molecule has 0 radical (unpaired) electrons. The Kier molecular flexibility index (Phi) is 7.40. The molecule has 1 amide bonds. The largest absolute Gasteiger partial charge is 0.508 e. The Morgan fingerprint density at radius 1 is 1.10 bits per heavy atom. The van der Waals surface area contributed by atoms with Crippen LogP contribution in [0.2, 0.25) is 0 Å². The van der Waals surface area contributed by atoms with Gasteiger partial charge in [-0.1, -0.05) is 38.1 Å². The van der Waals surface area contributed by atoms with Crippen LogP contribution in [0.25, 0.3) is 0 Å². The summed E-state index contributed by atoms with van der Waals surface area (Å²) in [7, 11) is 0. The zero-order chi connectivity index (χ0) is 21.6. The number of ether oxygens (including phenoxy) is 1. The molecular weight excluding hydrogens is 370 g/mol. The van der Waals surface area contributed by atoms with Crippen molar-refractivity contribution < 1.29 is 24.5 Å². The molecule has 0 aliphatic heterocycles. The van der Waals surface area contributed by atoms with Crippen LogP contribution in [0.5, 0.6) is 5.75 Å². The van der Waals surface area contributed by atoms with E-state index in [1.165, 1.54) is 31.5 Å². The van der Waals surface area contributed by atoms with Crippen molar-refractivity contribution in [3.63, 3.8) is 0 Å². The maximum atomic E-state index is 12.4. The number of aromatic hydroxyl groups is 1. The van der Waals surface area contributed by atoms with Crippen molar-refractivity contribution in [3.05, 3.63) is 59.7 Å². The van der Waals surface area contributed by atoms with Crippen LogP contribution in [0.1, 0.15) is 57.3 Å². The van der Waals surface area contributed by atoms with E-state index in [1.807, 2.05) is 24.3 Å². The van der Waals surface area contributed by atoms with Crippen molar-refractivity contribution in [1.82, 2.24) is 0 Å². The van der Waals surface area contributed by atoms with Gasteiger partial charge >= 0.3 is 5.97 Å². The zero-order valence-corrected chi connectivity index (χ0v) is 17.3. The minimum Gasteiger partial charge on any atom is -0.508 e. The summed E-state index contributed by atoms with van der Waals surface area (Å²) in [6.07, 6.45) is -0.162. The molecule has 2 rings (SSSR count). The second-order valence-corrected chi connectivity index (χ2v) is 7.77. The molecule has 0 saturated heterocycles. The van der Waals surface area contributed by atoms with E-state index >= 15 is 0 Å². The topological polar surface area (TPSA) is 95.9 Å². The molecule has 29 heavy (non-hydrogen) atoms. The molecule has 0 spiro atoms. The number of anilines is 1. The molecule has 6 nitrogen and oxygen atoms in total. The van der Waals surface area contributed by atoms with Gasteiger partial charge in [-0.15, -0.1) is 0 Å².